The van der Waals surface area contributed by atoms with E-state index < -0.39 is 5.97 Å². The molecule has 0 amide bonds. The van der Waals surface area contributed by atoms with Crippen LogP contribution in [-0.2, 0) is 0 Å². The lowest BCUT2D eigenvalue weighted by Crippen LogP contribution is -2.06. The summed E-state index contributed by atoms with van der Waals surface area (Å²) in [7, 11) is 0. The number of benzene rings is 2. The van der Waals surface area contributed by atoms with Gasteiger partial charge in [-0.3, -0.25) is 0 Å². The molecular weight excluding hydrogens is 290 g/mol. The third-order valence-corrected chi connectivity index (χ3v) is 3.93. The second-order valence-corrected chi connectivity index (χ2v) is 5.44. The zero-order valence-electron chi connectivity index (χ0n) is 13.2. The van der Waals surface area contributed by atoms with Crippen LogP contribution in [0, 0.1) is 25.2 Å². The molecular formula is C19H19NO3. The number of nitriles is 1. The van der Waals surface area contributed by atoms with Crippen LogP contribution in [0.2, 0.25) is 0 Å². The maximum Gasteiger partial charge on any atom is 0.335 e. The van der Waals surface area contributed by atoms with E-state index >= 15 is 0 Å². The van der Waals surface area contributed by atoms with Crippen LogP contribution in [0.1, 0.15) is 39.4 Å². The Hall–Kier alpha value is -2.80. The highest BCUT2D eigenvalue weighted by Crippen LogP contribution is 2.23. The second kappa shape index (κ2) is 7.46. The Bertz CT molecular complexity index is 729. The molecule has 0 saturated carbocycles. The summed E-state index contributed by atoms with van der Waals surface area (Å²) in [5.41, 5.74) is 3.30. The average molecular weight is 309 g/mol. The van der Waals surface area contributed by atoms with Gasteiger partial charge in [0.25, 0.3) is 0 Å². The molecule has 2 aromatic rings. The third kappa shape index (κ3) is 4.10. The normalized spacial score (nSPS) is 11.5. The topological polar surface area (TPSA) is 70.3 Å². The maximum atomic E-state index is 10.9. The van der Waals surface area contributed by atoms with Crippen LogP contribution >= 0.6 is 0 Å². The van der Waals surface area contributed by atoms with Gasteiger partial charge in [0.1, 0.15) is 5.75 Å². The van der Waals surface area contributed by atoms with Gasteiger partial charge in [-0.25, -0.2) is 4.79 Å². The number of hydrogen-bond acceptors (Lipinski definition) is 3. The first-order valence-electron chi connectivity index (χ1n) is 7.45. The summed E-state index contributed by atoms with van der Waals surface area (Å²) in [6.07, 6.45) is 0.552. The molecule has 0 spiro atoms. The van der Waals surface area contributed by atoms with Crippen molar-refractivity contribution in [3.63, 3.8) is 0 Å². The number of rotatable bonds is 6. The van der Waals surface area contributed by atoms with Crippen molar-refractivity contribution in [3.05, 3.63) is 64.7 Å². The highest BCUT2D eigenvalue weighted by Gasteiger charge is 2.12. The SMILES string of the molecule is Cc1cccc(OCCC(C#N)c2ccc(C(=O)O)cc2)c1C. The molecule has 0 bridgehead atoms. The Morgan fingerprint density at radius 3 is 2.52 bits per heavy atom. The molecule has 4 heteroatoms. The molecule has 0 aromatic heterocycles. The Kier molecular flexibility index (Phi) is 5.37. The van der Waals surface area contributed by atoms with Gasteiger partial charge in [0, 0.05) is 6.42 Å². The van der Waals surface area contributed by atoms with E-state index in [-0.39, 0.29) is 11.5 Å². The second-order valence-electron chi connectivity index (χ2n) is 5.44. The number of nitrogens with zero attached hydrogens (tertiary/aromatic N) is 1. The van der Waals surface area contributed by atoms with Crippen molar-refractivity contribution in [2.75, 3.05) is 6.61 Å². The van der Waals surface area contributed by atoms with Crippen molar-refractivity contribution >= 4 is 5.97 Å². The number of hydrogen-bond donors (Lipinski definition) is 1. The Labute approximate surface area is 136 Å². The summed E-state index contributed by atoms with van der Waals surface area (Å²) in [6.45, 7) is 4.48. The quantitative estimate of drug-likeness (QED) is 0.873. The van der Waals surface area contributed by atoms with Gasteiger partial charge >= 0.3 is 5.97 Å². The number of aromatic carboxylic acids is 1. The standard InChI is InChI=1S/C19H19NO3/c1-13-4-3-5-18(14(13)2)23-11-10-17(12-20)15-6-8-16(9-7-15)19(21)22/h3-9,17H,10-11H2,1-2H3,(H,21,22). The molecule has 4 nitrogen and oxygen atoms in total. The van der Waals surface area contributed by atoms with Gasteiger partial charge in [0.2, 0.25) is 0 Å². The molecule has 0 aliphatic heterocycles. The van der Waals surface area contributed by atoms with E-state index in [2.05, 4.69) is 6.07 Å². The zero-order valence-corrected chi connectivity index (χ0v) is 13.2. The predicted molar refractivity (Wildman–Crippen MR) is 87.8 cm³/mol. The van der Waals surface area contributed by atoms with Gasteiger partial charge in [-0.05, 0) is 48.7 Å². The lowest BCUT2D eigenvalue weighted by molar-refractivity contribution is 0.0697. The highest BCUT2D eigenvalue weighted by atomic mass is 16.5. The Morgan fingerprint density at radius 2 is 1.91 bits per heavy atom. The van der Waals surface area contributed by atoms with Gasteiger partial charge in [-0.2, -0.15) is 5.26 Å². The van der Waals surface area contributed by atoms with E-state index in [0.717, 1.165) is 16.9 Å². The molecule has 1 atom stereocenters. The largest absolute Gasteiger partial charge is 0.493 e. The van der Waals surface area contributed by atoms with Crippen molar-refractivity contribution in [1.29, 1.82) is 5.26 Å². The summed E-state index contributed by atoms with van der Waals surface area (Å²) in [4.78, 5) is 10.9. The van der Waals surface area contributed by atoms with Crippen LogP contribution in [0.5, 0.6) is 5.75 Å². The van der Waals surface area contributed by atoms with Crippen LogP contribution in [0.3, 0.4) is 0 Å². The third-order valence-electron chi connectivity index (χ3n) is 3.93. The first-order chi connectivity index (χ1) is 11.0. The smallest absolute Gasteiger partial charge is 0.335 e. The molecule has 0 fully saturated rings. The van der Waals surface area contributed by atoms with Crippen molar-refractivity contribution < 1.29 is 14.6 Å². The van der Waals surface area contributed by atoms with Crippen LogP contribution in [-0.4, -0.2) is 17.7 Å². The maximum absolute atomic E-state index is 10.9. The molecule has 0 aliphatic carbocycles. The molecule has 0 aliphatic rings. The zero-order chi connectivity index (χ0) is 16.8. The molecule has 2 aromatic carbocycles. The molecule has 1 unspecified atom stereocenters. The van der Waals surface area contributed by atoms with Crippen molar-refractivity contribution in [1.82, 2.24) is 0 Å². The fourth-order valence-electron chi connectivity index (χ4n) is 2.33. The molecule has 0 saturated heterocycles. The van der Waals surface area contributed by atoms with Crippen molar-refractivity contribution in [3.8, 4) is 11.8 Å². The van der Waals surface area contributed by atoms with Crippen LogP contribution in [0.25, 0.3) is 0 Å². The first-order valence-corrected chi connectivity index (χ1v) is 7.45. The molecule has 1 N–H and O–H groups in total. The van der Waals surface area contributed by atoms with Crippen molar-refractivity contribution in [2.45, 2.75) is 26.2 Å². The lowest BCUT2D eigenvalue weighted by atomic mass is 9.96. The van der Waals surface area contributed by atoms with Gasteiger partial charge in [0.05, 0.1) is 24.2 Å². The van der Waals surface area contributed by atoms with Gasteiger partial charge in [0.15, 0.2) is 0 Å². The number of carboxylic acid groups (broad SMARTS) is 1. The van der Waals surface area contributed by atoms with Gasteiger partial charge in [-0.1, -0.05) is 24.3 Å². The molecule has 23 heavy (non-hydrogen) atoms. The van der Waals surface area contributed by atoms with E-state index in [0.29, 0.717) is 13.0 Å². The number of carboxylic acids is 1. The Morgan fingerprint density at radius 1 is 1.22 bits per heavy atom. The van der Waals surface area contributed by atoms with Crippen LogP contribution < -0.4 is 4.74 Å². The number of aryl methyl sites for hydroxylation is 1. The average Bonchev–Trinajstić information content (AvgIpc) is 2.55. The summed E-state index contributed by atoms with van der Waals surface area (Å²) in [5.74, 6) is -0.450. The van der Waals surface area contributed by atoms with E-state index in [1.54, 1.807) is 12.1 Å². The lowest BCUT2D eigenvalue weighted by Gasteiger charge is -2.13. The van der Waals surface area contributed by atoms with E-state index in [9.17, 15) is 10.1 Å². The van der Waals surface area contributed by atoms with E-state index in [4.69, 9.17) is 9.84 Å². The molecule has 118 valence electrons. The molecule has 0 heterocycles. The number of carbonyl (C=O) groups is 1. The molecule has 0 radical (unpaired) electrons. The first kappa shape index (κ1) is 16.6. The predicted octanol–water partition coefficient (Wildman–Crippen LogP) is 4.08. The molecule has 2 rings (SSSR count). The highest BCUT2D eigenvalue weighted by molar-refractivity contribution is 5.87. The summed E-state index contributed by atoms with van der Waals surface area (Å²) >= 11 is 0. The summed E-state index contributed by atoms with van der Waals surface area (Å²) < 4.78 is 5.79. The monoisotopic (exact) mass is 309 g/mol. The summed E-state index contributed by atoms with van der Waals surface area (Å²) in [6, 6.07) is 14.6. The van der Waals surface area contributed by atoms with Gasteiger partial charge in [-0.15, -0.1) is 0 Å². The van der Waals surface area contributed by atoms with E-state index in [1.807, 2.05) is 32.0 Å². The van der Waals surface area contributed by atoms with Crippen LogP contribution in [0.15, 0.2) is 42.5 Å². The number of ether oxygens (including phenoxy) is 1. The van der Waals surface area contributed by atoms with E-state index in [1.165, 1.54) is 17.7 Å². The van der Waals surface area contributed by atoms with Crippen LogP contribution in [0.4, 0.5) is 0 Å². The summed E-state index contributed by atoms with van der Waals surface area (Å²) in [5, 5.41) is 18.2. The minimum absolute atomic E-state index is 0.220. The Balaban J connectivity index is 1.99. The fraction of sp³-hybridized carbons (Fsp3) is 0.263. The minimum atomic E-state index is -0.969. The van der Waals surface area contributed by atoms with Crippen molar-refractivity contribution in [2.24, 2.45) is 0 Å². The minimum Gasteiger partial charge on any atom is -0.493 e. The fourth-order valence-corrected chi connectivity index (χ4v) is 2.33. The van der Waals surface area contributed by atoms with Gasteiger partial charge < -0.3 is 9.84 Å².